The summed E-state index contributed by atoms with van der Waals surface area (Å²) in [6.07, 6.45) is -0.591. The number of ether oxygens (including phenoxy) is 1. The van der Waals surface area contributed by atoms with Crippen LogP contribution in [0.15, 0.2) is 36.4 Å². The number of anilines is 2. The zero-order valence-corrected chi connectivity index (χ0v) is 15.8. The van der Waals surface area contributed by atoms with Crippen LogP contribution in [-0.4, -0.2) is 23.2 Å². The van der Waals surface area contributed by atoms with E-state index in [0.29, 0.717) is 22.9 Å². The van der Waals surface area contributed by atoms with Crippen molar-refractivity contribution >= 4 is 58.2 Å². The molecule has 0 aromatic heterocycles. The molecule has 0 aliphatic carbocycles. The average Bonchev–Trinajstić information content (AvgIpc) is 2.57. The van der Waals surface area contributed by atoms with E-state index >= 15 is 0 Å². The SMILES string of the molecule is CCC(Oc1ccc(NC(=O)Nc2c(Cl)cc(Cl)cc2Cl)cc1)C(=O)O. The van der Waals surface area contributed by atoms with Gasteiger partial charge in [-0.1, -0.05) is 41.7 Å². The Morgan fingerprint density at radius 1 is 1.08 bits per heavy atom. The topological polar surface area (TPSA) is 87.7 Å². The maximum absolute atomic E-state index is 12.1. The molecule has 0 heterocycles. The second-order valence-corrected chi connectivity index (χ2v) is 6.45. The number of carbonyl (C=O) groups excluding carboxylic acids is 1. The van der Waals surface area contributed by atoms with Crippen LogP contribution < -0.4 is 15.4 Å². The Kier molecular flexibility index (Phi) is 6.97. The van der Waals surface area contributed by atoms with Gasteiger partial charge in [0, 0.05) is 10.7 Å². The molecule has 2 aromatic carbocycles. The lowest BCUT2D eigenvalue weighted by atomic mass is 10.2. The summed E-state index contributed by atoms with van der Waals surface area (Å²) in [4.78, 5) is 23.1. The van der Waals surface area contributed by atoms with Gasteiger partial charge in [0.1, 0.15) is 5.75 Å². The maximum Gasteiger partial charge on any atom is 0.344 e. The summed E-state index contributed by atoms with van der Waals surface area (Å²) in [6.45, 7) is 1.71. The number of benzene rings is 2. The number of carboxylic acids is 1. The van der Waals surface area contributed by atoms with E-state index in [9.17, 15) is 9.59 Å². The number of aliphatic carboxylic acids is 1. The number of halogens is 3. The molecule has 9 heteroatoms. The van der Waals surface area contributed by atoms with Gasteiger partial charge in [0.25, 0.3) is 0 Å². The van der Waals surface area contributed by atoms with Crippen LogP contribution in [0.4, 0.5) is 16.2 Å². The molecule has 0 saturated heterocycles. The summed E-state index contributed by atoms with van der Waals surface area (Å²) in [5.74, 6) is -0.653. The summed E-state index contributed by atoms with van der Waals surface area (Å²) >= 11 is 17.9. The van der Waals surface area contributed by atoms with Gasteiger partial charge in [-0.15, -0.1) is 0 Å². The Morgan fingerprint density at radius 2 is 1.65 bits per heavy atom. The quantitative estimate of drug-likeness (QED) is 0.576. The van der Waals surface area contributed by atoms with Gasteiger partial charge in [0.05, 0.1) is 15.7 Å². The number of carbonyl (C=O) groups is 2. The molecule has 0 bridgehead atoms. The molecule has 2 aromatic rings. The van der Waals surface area contributed by atoms with Gasteiger partial charge < -0.3 is 20.5 Å². The van der Waals surface area contributed by atoms with E-state index < -0.39 is 18.1 Å². The van der Waals surface area contributed by atoms with E-state index in [0.717, 1.165) is 0 Å². The minimum Gasteiger partial charge on any atom is -0.479 e. The first-order chi connectivity index (χ1) is 12.3. The van der Waals surface area contributed by atoms with Gasteiger partial charge in [0.2, 0.25) is 0 Å². The fraction of sp³-hybridized carbons (Fsp3) is 0.176. The van der Waals surface area contributed by atoms with Gasteiger partial charge in [-0.05, 0) is 42.8 Å². The van der Waals surface area contributed by atoms with Gasteiger partial charge in [-0.3, -0.25) is 0 Å². The van der Waals surface area contributed by atoms with Crippen molar-refractivity contribution in [2.24, 2.45) is 0 Å². The Morgan fingerprint density at radius 3 is 2.15 bits per heavy atom. The molecule has 0 fully saturated rings. The Hall–Kier alpha value is -2.15. The van der Waals surface area contributed by atoms with Crippen molar-refractivity contribution in [2.45, 2.75) is 19.4 Å². The van der Waals surface area contributed by atoms with Crippen molar-refractivity contribution < 1.29 is 19.4 Å². The average molecular weight is 418 g/mol. The van der Waals surface area contributed by atoms with Crippen molar-refractivity contribution in [2.75, 3.05) is 10.6 Å². The van der Waals surface area contributed by atoms with Gasteiger partial charge >= 0.3 is 12.0 Å². The van der Waals surface area contributed by atoms with E-state index in [-0.39, 0.29) is 15.7 Å². The number of nitrogens with one attached hydrogen (secondary N) is 2. The summed E-state index contributed by atoms with van der Waals surface area (Å²) in [5.41, 5.74) is 0.710. The number of rotatable bonds is 6. The first kappa shape index (κ1) is 20.2. The summed E-state index contributed by atoms with van der Waals surface area (Å²) < 4.78 is 5.35. The Labute approximate surface area is 165 Å². The minimum absolute atomic E-state index is 0.209. The van der Waals surface area contributed by atoms with Crippen LogP contribution in [0.5, 0.6) is 5.75 Å². The van der Waals surface area contributed by atoms with Crippen LogP contribution in [0.3, 0.4) is 0 Å². The predicted octanol–water partition coefficient (Wildman–Crippen LogP) is 5.53. The Bertz CT molecular complexity index is 789. The molecule has 0 aliphatic rings. The lowest BCUT2D eigenvalue weighted by molar-refractivity contribution is -0.145. The van der Waals surface area contributed by atoms with Crippen LogP contribution in [0.1, 0.15) is 13.3 Å². The van der Waals surface area contributed by atoms with Crippen LogP contribution in [0, 0.1) is 0 Å². The second-order valence-electron chi connectivity index (χ2n) is 5.20. The molecule has 1 unspecified atom stereocenters. The van der Waals surface area contributed by atoms with Crippen molar-refractivity contribution in [3.05, 3.63) is 51.5 Å². The smallest absolute Gasteiger partial charge is 0.344 e. The molecule has 6 nitrogen and oxygen atoms in total. The molecular weight excluding hydrogens is 403 g/mol. The molecule has 138 valence electrons. The lowest BCUT2D eigenvalue weighted by Crippen LogP contribution is -2.25. The first-order valence-corrected chi connectivity index (χ1v) is 8.65. The van der Waals surface area contributed by atoms with Gasteiger partial charge in [-0.25, -0.2) is 9.59 Å². The fourth-order valence-corrected chi connectivity index (χ4v) is 2.94. The molecule has 2 rings (SSSR count). The highest BCUT2D eigenvalue weighted by atomic mass is 35.5. The number of carboxylic acid groups (broad SMARTS) is 1. The van der Waals surface area contributed by atoms with E-state index in [1.165, 1.54) is 12.1 Å². The third-order valence-corrected chi connectivity index (χ3v) is 4.10. The molecule has 3 N–H and O–H groups in total. The summed E-state index contributed by atoms with van der Waals surface area (Å²) in [5, 5.41) is 14.9. The maximum atomic E-state index is 12.1. The zero-order chi connectivity index (χ0) is 19.3. The van der Waals surface area contributed by atoms with Crippen LogP contribution in [0.25, 0.3) is 0 Å². The lowest BCUT2D eigenvalue weighted by Gasteiger charge is -2.14. The molecule has 0 spiro atoms. The number of urea groups is 1. The molecule has 0 aliphatic heterocycles. The highest BCUT2D eigenvalue weighted by molar-refractivity contribution is 6.42. The van der Waals surface area contributed by atoms with Crippen LogP contribution >= 0.6 is 34.8 Å². The standard InChI is InChI=1S/C17H15Cl3N2O4/c1-2-14(16(23)24)26-11-5-3-10(4-6-11)21-17(25)22-15-12(19)7-9(18)8-13(15)20/h3-8,14H,2H2,1H3,(H,23,24)(H2,21,22,25). The normalized spacial score (nSPS) is 11.5. The number of amides is 2. The first-order valence-electron chi connectivity index (χ1n) is 7.52. The van der Waals surface area contributed by atoms with E-state index in [1.807, 2.05) is 0 Å². The number of hydrogen-bond acceptors (Lipinski definition) is 3. The molecule has 2 amide bonds. The van der Waals surface area contributed by atoms with Crippen LogP contribution in [-0.2, 0) is 4.79 Å². The van der Waals surface area contributed by atoms with Gasteiger partial charge in [-0.2, -0.15) is 0 Å². The monoisotopic (exact) mass is 416 g/mol. The van der Waals surface area contributed by atoms with E-state index in [2.05, 4.69) is 10.6 Å². The summed E-state index contributed by atoms with van der Waals surface area (Å²) in [7, 11) is 0. The molecule has 1 atom stereocenters. The van der Waals surface area contributed by atoms with E-state index in [1.54, 1.807) is 31.2 Å². The zero-order valence-electron chi connectivity index (χ0n) is 13.6. The molecule has 0 radical (unpaired) electrons. The second kappa shape index (κ2) is 8.98. The highest BCUT2D eigenvalue weighted by Crippen LogP contribution is 2.33. The minimum atomic E-state index is -1.04. The van der Waals surface area contributed by atoms with E-state index in [4.69, 9.17) is 44.6 Å². The largest absolute Gasteiger partial charge is 0.479 e. The summed E-state index contributed by atoms with van der Waals surface area (Å²) in [6, 6.07) is 8.64. The number of hydrogen-bond donors (Lipinski definition) is 3. The Balaban J connectivity index is 2.01. The van der Waals surface area contributed by atoms with Crippen LogP contribution in [0.2, 0.25) is 15.1 Å². The van der Waals surface area contributed by atoms with Crippen molar-refractivity contribution in [3.8, 4) is 5.75 Å². The van der Waals surface area contributed by atoms with Crippen molar-refractivity contribution in [3.63, 3.8) is 0 Å². The molecular formula is C17H15Cl3N2O4. The van der Waals surface area contributed by atoms with Crippen molar-refractivity contribution in [1.82, 2.24) is 0 Å². The third-order valence-electron chi connectivity index (χ3n) is 3.28. The molecule has 26 heavy (non-hydrogen) atoms. The van der Waals surface area contributed by atoms with Crippen molar-refractivity contribution in [1.29, 1.82) is 0 Å². The highest BCUT2D eigenvalue weighted by Gasteiger charge is 2.16. The third kappa shape index (κ3) is 5.42. The fourth-order valence-electron chi connectivity index (χ4n) is 2.03. The predicted molar refractivity (Wildman–Crippen MR) is 103 cm³/mol. The molecule has 0 saturated carbocycles. The van der Waals surface area contributed by atoms with Gasteiger partial charge in [0.15, 0.2) is 6.10 Å².